The third-order valence-corrected chi connectivity index (χ3v) is 2.41. The lowest BCUT2D eigenvalue weighted by molar-refractivity contribution is -0.105. The van der Waals surface area contributed by atoms with E-state index in [-0.39, 0.29) is 0 Å². The third kappa shape index (κ3) is 2.35. The van der Waals surface area contributed by atoms with Gasteiger partial charge in [0, 0.05) is 0 Å². The Kier molecular flexibility index (Phi) is 3.33. The summed E-state index contributed by atoms with van der Waals surface area (Å²) < 4.78 is 5.61. The first-order chi connectivity index (χ1) is 8.72. The number of carbonyl (C=O) groups excluding carboxylic acids is 1. The fraction of sp³-hybridized carbons (Fsp3) is 0. The van der Waals surface area contributed by atoms with Gasteiger partial charge in [0.25, 0.3) is 0 Å². The quantitative estimate of drug-likeness (QED) is 0.567. The maximum Gasteiger partial charge on any atom is 0.211 e. The van der Waals surface area contributed by atoms with Crippen LogP contribution in [0.1, 0.15) is 0 Å². The molecule has 0 unspecified atom stereocenters. The van der Waals surface area contributed by atoms with Gasteiger partial charge in [0.1, 0.15) is 11.4 Å². The van der Waals surface area contributed by atoms with Crippen LogP contribution < -0.4 is 21.5 Å². The van der Waals surface area contributed by atoms with Crippen molar-refractivity contribution < 1.29 is 9.53 Å². The van der Waals surface area contributed by atoms with Gasteiger partial charge in [-0.15, -0.1) is 0 Å². The number of ether oxygens (including phenoxy) is 1. The van der Waals surface area contributed by atoms with Gasteiger partial charge in [0.2, 0.25) is 6.41 Å². The molecule has 0 bridgehead atoms. The van der Waals surface area contributed by atoms with Crippen molar-refractivity contribution in [2.24, 2.45) is 0 Å². The Hall–Kier alpha value is -2.69. The maximum absolute atomic E-state index is 10.5. The summed E-state index contributed by atoms with van der Waals surface area (Å²) in [6.45, 7) is 0. The predicted molar refractivity (Wildman–Crippen MR) is 71.5 cm³/mol. The van der Waals surface area contributed by atoms with Gasteiger partial charge < -0.3 is 21.5 Å². The molecule has 0 radical (unpaired) electrons. The predicted octanol–water partition coefficient (Wildman–Crippen LogP) is 2.21. The van der Waals surface area contributed by atoms with E-state index >= 15 is 0 Å². The number of nitrogens with one attached hydrogen (secondary N) is 1. The van der Waals surface area contributed by atoms with Gasteiger partial charge in [-0.3, -0.25) is 4.79 Å². The molecule has 0 saturated heterocycles. The van der Waals surface area contributed by atoms with E-state index < -0.39 is 0 Å². The molecule has 2 aromatic carbocycles. The molecule has 0 spiro atoms. The fourth-order valence-electron chi connectivity index (χ4n) is 1.54. The molecule has 5 N–H and O–H groups in total. The van der Waals surface area contributed by atoms with Gasteiger partial charge in [-0.1, -0.05) is 18.2 Å². The van der Waals surface area contributed by atoms with Crippen molar-refractivity contribution in [1.29, 1.82) is 0 Å². The van der Waals surface area contributed by atoms with Crippen molar-refractivity contribution in [3.63, 3.8) is 0 Å². The largest absolute Gasteiger partial charge is 0.455 e. The van der Waals surface area contributed by atoms with Gasteiger partial charge in [0.05, 0.1) is 11.4 Å². The molecule has 0 saturated carbocycles. The zero-order valence-electron chi connectivity index (χ0n) is 9.59. The number of nitrogens with two attached hydrogens (primary N) is 2. The molecule has 18 heavy (non-hydrogen) atoms. The molecule has 0 atom stereocenters. The van der Waals surface area contributed by atoms with E-state index in [0.717, 1.165) is 0 Å². The van der Waals surface area contributed by atoms with E-state index in [1.165, 1.54) is 0 Å². The summed E-state index contributed by atoms with van der Waals surface area (Å²) in [6, 6.07) is 12.5. The van der Waals surface area contributed by atoms with E-state index in [2.05, 4.69) is 5.32 Å². The second kappa shape index (κ2) is 5.09. The maximum atomic E-state index is 10.5. The number of hydrogen-bond donors (Lipinski definition) is 3. The number of rotatable bonds is 4. The van der Waals surface area contributed by atoms with Crippen LogP contribution in [0.4, 0.5) is 17.1 Å². The lowest BCUT2D eigenvalue weighted by Gasteiger charge is -2.13. The second-order valence-electron chi connectivity index (χ2n) is 3.62. The molecule has 2 rings (SSSR count). The Balaban J connectivity index is 2.34. The van der Waals surface area contributed by atoms with E-state index in [9.17, 15) is 4.79 Å². The van der Waals surface area contributed by atoms with Crippen LogP contribution in [-0.4, -0.2) is 6.41 Å². The lowest BCUT2D eigenvalue weighted by Crippen LogP contribution is -2.04. The molecular formula is C13H13N3O2. The summed E-state index contributed by atoms with van der Waals surface area (Å²) in [6.07, 6.45) is 0.522. The molecular weight excluding hydrogens is 230 g/mol. The van der Waals surface area contributed by atoms with Crippen LogP contribution in [0.2, 0.25) is 0 Å². The van der Waals surface area contributed by atoms with Crippen molar-refractivity contribution in [2.45, 2.75) is 0 Å². The SMILES string of the molecule is Nc1ccc(Oc2ccccc2)c(N)c1NC=O. The summed E-state index contributed by atoms with van der Waals surface area (Å²) in [5, 5.41) is 2.46. The highest BCUT2D eigenvalue weighted by Gasteiger charge is 2.10. The van der Waals surface area contributed by atoms with Crippen molar-refractivity contribution in [2.75, 3.05) is 16.8 Å². The van der Waals surface area contributed by atoms with Crippen LogP contribution in [0.5, 0.6) is 11.5 Å². The number of amides is 1. The van der Waals surface area contributed by atoms with Crippen LogP contribution in [0.25, 0.3) is 0 Å². The number of anilines is 3. The van der Waals surface area contributed by atoms with Gasteiger partial charge in [-0.25, -0.2) is 0 Å². The average molecular weight is 243 g/mol. The number of carbonyl (C=O) groups is 1. The van der Waals surface area contributed by atoms with Crippen molar-refractivity contribution >= 4 is 23.5 Å². The summed E-state index contributed by atoms with van der Waals surface area (Å²) in [5.41, 5.74) is 12.7. The highest BCUT2D eigenvalue weighted by molar-refractivity contribution is 5.91. The van der Waals surface area contributed by atoms with Crippen LogP contribution in [-0.2, 0) is 4.79 Å². The van der Waals surface area contributed by atoms with Gasteiger partial charge in [0.15, 0.2) is 5.75 Å². The highest BCUT2D eigenvalue weighted by Crippen LogP contribution is 2.36. The number of benzene rings is 2. The second-order valence-corrected chi connectivity index (χ2v) is 3.62. The zero-order chi connectivity index (χ0) is 13.0. The molecule has 1 amide bonds. The lowest BCUT2D eigenvalue weighted by atomic mass is 10.2. The van der Waals surface area contributed by atoms with Crippen molar-refractivity contribution in [1.82, 2.24) is 0 Å². The standard InChI is InChI=1S/C13H13N3O2/c14-10-6-7-11(12(15)13(10)16-8-17)18-9-4-2-1-3-5-9/h1-8H,14-15H2,(H,16,17). The Morgan fingerprint density at radius 3 is 2.44 bits per heavy atom. The van der Waals surface area contributed by atoms with Gasteiger partial charge >= 0.3 is 0 Å². The summed E-state index contributed by atoms with van der Waals surface area (Å²) in [5.74, 6) is 1.10. The van der Waals surface area contributed by atoms with Crippen LogP contribution in [0.3, 0.4) is 0 Å². The van der Waals surface area contributed by atoms with E-state index in [1.807, 2.05) is 30.3 Å². The molecule has 5 nitrogen and oxygen atoms in total. The van der Waals surface area contributed by atoms with Crippen molar-refractivity contribution in [3.8, 4) is 11.5 Å². The number of para-hydroxylation sites is 1. The Morgan fingerprint density at radius 2 is 1.78 bits per heavy atom. The first-order valence-electron chi connectivity index (χ1n) is 5.33. The zero-order valence-corrected chi connectivity index (χ0v) is 9.59. The summed E-state index contributed by atoms with van der Waals surface area (Å²) in [4.78, 5) is 10.5. The summed E-state index contributed by atoms with van der Waals surface area (Å²) in [7, 11) is 0. The van der Waals surface area contributed by atoms with E-state index in [4.69, 9.17) is 16.2 Å². The first-order valence-corrected chi connectivity index (χ1v) is 5.33. The Morgan fingerprint density at radius 1 is 1.06 bits per heavy atom. The van der Waals surface area contributed by atoms with Crippen LogP contribution in [0, 0.1) is 0 Å². The van der Waals surface area contributed by atoms with E-state index in [0.29, 0.717) is 35.0 Å². The molecule has 0 aliphatic heterocycles. The molecule has 0 fully saturated rings. The van der Waals surface area contributed by atoms with Crippen molar-refractivity contribution in [3.05, 3.63) is 42.5 Å². The van der Waals surface area contributed by atoms with E-state index in [1.54, 1.807) is 12.1 Å². The molecule has 0 aliphatic rings. The molecule has 0 heterocycles. The normalized spacial score (nSPS) is 9.78. The van der Waals surface area contributed by atoms with Crippen LogP contribution in [0.15, 0.2) is 42.5 Å². The van der Waals surface area contributed by atoms with Gasteiger partial charge in [-0.2, -0.15) is 0 Å². The molecule has 0 aliphatic carbocycles. The average Bonchev–Trinajstić information content (AvgIpc) is 2.39. The minimum Gasteiger partial charge on any atom is -0.455 e. The molecule has 5 heteroatoms. The van der Waals surface area contributed by atoms with Gasteiger partial charge in [-0.05, 0) is 24.3 Å². The summed E-state index contributed by atoms with van der Waals surface area (Å²) >= 11 is 0. The highest BCUT2D eigenvalue weighted by atomic mass is 16.5. The first kappa shape index (κ1) is 11.8. The number of hydrogen-bond acceptors (Lipinski definition) is 4. The van der Waals surface area contributed by atoms with Crippen LogP contribution >= 0.6 is 0 Å². The third-order valence-electron chi connectivity index (χ3n) is 2.41. The topological polar surface area (TPSA) is 90.4 Å². The minimum atomic E-state index is 0.297. The Bertz CT molecular complexity index is 556. The monoisotopic (exact) mass is 243 g/mol. The Labute approximate surface area is 104 Å². The fourth-order valence-corrected chi connectivity index (χ4v) is 1.54. The molecule has 0 aromatic heterocycles. The smallest absolute Gasteiger partial charge is 0.211 e. The molecule has 2 aromatic rings. The molecule has 92 valence electrons. The number of nitrogen functional groups attached to an aromatic ring is 2. The minimum absolute atomic E-state index is 0.297.